The minimum Gasteiger partial charge on any atom is -0.383 e. The van der Waals surface area contributed by atoms with Crippen LogP contribution < -0.4 is 27.2 Å². The number of nitrogens with one attached hydrogen (secondary N) is 2. The number of nitrogens with zero attached hydrogens (tertiary/aromatic N) is 3. The Morgan fingerprint density at radius 1 is 1.09 bits per heavy atom. The first-order valence-corrected chi connectivity index (χ1v) is 11.5. The van der Waals surface area contributed by atoms with Gasteiger partial charge in [-0.1, -0.05) is 60.7 Å². The van der Waals surface area contributed by atoms with Gasteiger partial charge in [-0.3, -0.25) is 19.1 Å². The molecule has 2 aromatic heterocycles. The molecular weight excluding hydrogens is 452 g/mol. The molecule has 0 aliphatic rings. The molecule has 0 fully saturated rings. The molecule has 10 heteroatoms. The van der Waals surface area contributed by atoms with Crippen molar-refractivity contribution in [2.45, 2.75) is 20.0 Å². The van der Waals surface area contributed by atoms with Crippen molar-refractivity contribution in [3.05, 3.63) is 104 Å². The molecule has 2 aromatic carbocycles. The standard InChI is InChI=1S/C24H24N6O3S/c1-16-15-34-23(26-16)27-19(31)14-29(12-17-8-4-2-5-9-17)20-21(25)30(24(33)28-22(20)32)13-18-10-6-3-7-11-18/h2-11,15H,12-14,25H2,1H3,(H,26,27,31)(H,28,32,33). The van der Waals surface area contributed by atoms with Gasteiger partial charge in [0.25, 0.3) is 5.56 Å². The van der Waals surface area contributed by atoms with E-state index < -0.39 is 11.2 Å². The SMILES string of the molecule is Cc1csc(NC(=O)CN(Cc2ccccc2)c2c(N)n(Cc3ccccc3)c(=O)[nH]c2=O)n1. The fraction of sp³-hybridized carbons (Fsp3) is 0.167. The molecule has 0 bridgehead atoms. The Labute approximate surface area is 199 Å². The van der Waals surface area contributed by atoms with E-state index in [1.165, 1.54) is 15.9 Å². The third kappa shape index (κ3) is 5.41. The lowest BCUT2D eigenvalue weighted by atomic mass is 10.2. The highest BCUT2D eigenvalue weighted by Crippen LogP contribution is 2.21. The fourth-order valence-electron chi connectivity index (χ4n) is 3.57. The van der Waals surface area contributed by atoms with E-state index >= 15 is 0 Å². The van der Waals surface area contributed by atoms with Gasteiger partial charge >= 0.3 is 5.69 Å². The van der Waals surface area contributed by atoms with Crippen molar-refractivity contribution in [1.82, 2.24) is 14.5 Å². The van der Waals surface area contributed by atoms with E-state index in [1.807, 2.05) is 73.0 Å². The Balaban J connectivity index is 1.70. The van der Waals surface area contributed by atoms with Gasteiger partial charge in [0.1, 0.15) is 11.5 Å². The molecule has 0 radical (unpaired) electrons. The largest absolute Gasteiger partial charge is 0.383 e. The molecule has 0 spiro atoms. The summed E-state index contributed by atoms with van der Waals surface area (Å²) >= 11 is 1.32. The van der Waals surface area contributed by atoms with Crippen LogP contribution in [-0.4, -0.2) is 27.0 Å². The van der Waals surface area contributed by atoms with E-state index in [0.717, 1.165) is 16.8 Å². The Morgan fingerprint density at radius 3 is 2.35 bits per heavy atom. The number of rotatable bonds is 8. The lowest BCUT2D eigenvalue weighted by molar-refractivity contribution is -0.115. The highest BCUT2D eigenvalue weighted by atomic mass is 32.1. The first kappa shape index (κ1) is 23.0. The molecule has 34 heavy (non-hydrogen) atoms. The van der Waals surface area contributed by atoms with Gasteiger partial charge in [0, 0.05) is 11.9 Å². The van der Waals surface area contributed by atoms with Crippen LogP contribution in [0.2, 0.25) is 0 Å². The summed E-state index contributed by atoms with van der Waals surface area (Å²) in [6.45, 7) is 2.09. The van der Waals surface area contributed by atoms with Gasteiger partial charge in [0.05, 0.1) is 18.8 Å². The monoisotopic (exact) mass is 476 g/mol. The quantitative estimate of drug-likeness (QED) is 0.359. The molecule has 0 unspecified atom stereocenters. The number of benzene rings is 2. The minimum atomic E-state index is -0.652. The second-order valence-corrected chi connectivity index (χ2v) is 8.61. The van der Waals surface area contributed by atoms with Crippen molar-refractivity contribution >= 4 is 33.9 Å². The second kappa shape index (κ2) is 10.2. The molecule has 1 amide bonds. The van der Waals surface area contributed by atoms with E-state index in [4.69, 9.17) is 5.73 Å². The summed E-state index contributed by atoms with van der Waals surface area (Å²) in [5.74, 6) is -0.365. The number of aromatic amines is 1. The highest BCUT2D eigenvalue weighted by molar-refractivity contribution is 7.13. The average Bonchev–Trinajstić information content (AvgIpc) is 3.22. The maximum Gasteiger partial charge on any atom is 0.330 e. The van der Waals surface area contributed by atoms with Crippen LogP contribution in [0.25, 0.3) is 0 Å². The summed E-state index contributed by atoms with van der Waals surface area (Å²) in [5, 5.41) is 5.06. The number of aromatic nitrogens is 3. The van der Waals surface area contributed by atoms with E-state index in [9.17, 15) is 14.4 Å². The lowest BCUT2D eigenvalue weighted by Gasteiger charge is -2.25. The molecule has 0 atom stereocenters. The number of hydrogen-bond donors (Lipinski definition) is 3. The molecule has 0 saturated heterocycles. The Kier molecular flexibility index (Phi) is 6.88. The number of carbonyl (C=O) groups is 1. The van der Waals surface area contributed by atoms with Gasteiger partial charge in [-0.25, -0.2) is 9.78 Å². The number of nitrogens with two attached hydrogens (primary N) is 1. The highest BCUT2D eigenvalue weighted by Gasteiger charge is 2.22. The number of aryl methyl sites for hydroxylation is 1. The van der Waals surface area contributed by atoms with Crippen LogP contribution in [0.3, 0.4) is 0 Å². The van der Waals surface area contributed by atoms with Crippen LogP contribution in [0.5, 0.6) is 0 Å². The number of nitrogen functional groups attached to an aromatic ring is 1. The second-order valence-electron chi connectivity index (χ2n) is 7.75. The van der Waals surface area contributed by atoms with Crippen LogP contribution in [0.15, 0.2) is 75.6 Å². The van der Waals surface area contributed by atoms with Crippen molar-refractivity contribution in [3.8, 4) is 0 Å². The summed E-state index contributed by atoms with van der Waals surface area (Å²) in [7, 11) is 0. The van der Waals surface area contributed by atoms with Gasteiger partial charge in [-0.15, -0.1) is 11.3 Å². The number of amides is 1. The predicted octanol–water partition coefficient (Wildman–Crippen LogP) is 2.58. The van der Waals surface area contributed by atoms with E-state index in [0.29, 0.717) is 5.13 Å². The third-order valence-electron chi connectivity index (χ3n) is 5.13. The van der Waals surface area contributed by atoms with Gasteiger partial charge in [-0.2, -0.15) is 0 Å². The van der Waals surface area contributed by atoms with Crippen LogP contribution in [-0.2, 0) is 17.9 Å². The molecular formula is C24H24N6O3S. The number of anilines is 3. The summed E-state index contributed by atoms with van der Waals surface area (Å²) in [5.41, 5.74) is 7.70. The molecule has 0 aliphatic heterocycles. The van der Waals surface area contributed by atoms with Crippen molar-refractivity contribution in [1.29, 1.82) is 0 Å². The van der Waals surface area contributed by atoms with Crippen LogP contribution >= 0.6 is 11.3 Å². The van der Waals surface area contributed by atoms with Gasteiger partial charge in [-0.05, 0) is 18.1 Å². The Morgan fingerprint density at radius 2 is 1.74 bits per heavy atom. The molecule has 0 aliphatic carbocycles. The summed E-state index contributed by atoms with van der Waals surface area (Å²) < 4.78 is 1.30. The van der Waals surface area contributed by atoms with Crippen molar-refractivity contribution in [2.24, 2.45) is 0 Å². The number of carbonyl (C=O) groups excluding carboxylic acids is 1. The topological polar surface area (TPSA) is 126 Å². The Hall–Kier alpha value is -4.18. The predicted molar refractivity (Wildman–Crippen MR) is 134 cm³/mol. The van der Waals surface area contributed by atoms with Gasteiger partial charge in [0.2, 0.25) is 5.91 Å². The molecule has 0 saturated carbocycles. The van der Waals surface area contributed by atoms with E-state index in [2.05, 4.69) is 15.3 Å². The summed E-state index contributed by atoms with van der Waals surface area (Å²) in [6.07, 6.45) is 0. The van der Waals surface area contributed by atoms with Crippen molar-refractivity contribution in [3.63, 3.8) is 0 Å². The molecule has 2 heterocycles. The average molecular weight is 477 g/mol. The van der Waals surface area contributed by atoms with Crippen molar-refractivity contribution < 1.29 is 4.79 Å². The summed E-state index contributed by atoms with van der Waals surface area (Å²) in [4.78, 5) is 46.5. The van der Waals surface area contributed by atoms with Gasteiger partial charge < -0.3 is 16.0 Å². The number of hydrogen-bond acceptors (Lipinski definition) is 7. The van der Waals surface area contributed by atoms with Crippen LogP contribution in [0.4, 0.5) is 16.6 Å². The number of thiazole rings is 1. The maximum atomic E-state index is 12.9. The zero-order valence-electron chi connectivity index (χ0n) is 18.5. The first-order chi connectivity index (χ1) is 16.4. The molecule has 4 aromatic rings. The number of H-pyrrole nitrogens is 1. The third-order valence-corrected chi connectivity index (χ3v) is 6.01. The van der Waals surface area contributed by atoms with E-state index in [1.54, 1.807) is 4.90 Å². The maximum absolute atomic E-state index is 12.9. The smallest absolute Gasteiger partial charge is 0.330 e. The van der Waals surface area contributed by atoms with Gasteiger partial charge in [0.15, 0.2) is 5.13 Å². The van der Waals surface area contributed by atoms with E-state index in [-0.39, 0.29) is 37.0 Å². The first-order valence-electron chi connectivity index (χ1n) is 10.6. The molecule has 4 N–H and O–H groups in total. The zero-order valence-corrected chi connectivity index (χ0v) is 19.3. The van der Waals surface area contributed by atoms with Crippen molar-refractivity contribution in [2.75, 3.05) is 22.5 Å². The fourth-order valence-corrected chi connectivity index (χ4v) is 4.27. The Bertz CT molecular complexity index is 1400. The van der Waals surface area contributed by atoms with Crippen LogP contribution in [0, 0.1) is 6.92 Å². The van der Waals surface area contributed by atoms with Crippen LogP contribution in [0.1, 0.15) is 16.8 Å². The summed E-state index contributed by atoms with van der Waals surface area (Å²) in [6, 6.07) is 18.7. The molecule has 174 valence electrons. The normalized spacial score (nSPS) is 10.7. The molecule has 9 nitrogen and oxygen atoms in total. The lowest BCUT2D eigenvalue weighted by Crippen LogP contribution is -2.41. The minimum absolute atomic E-state index is 0.00794. The zero-order chi connectivity index (χ0) is 24.1. The molecule has 4 rings (SSSR count).